The number of nitrogens with two attached hydrogens (primary N) is 1. The van der Waals surface area contributed by atoms with Crippen LogP contribution in [0.15, 0.2) is 24.3 Å². The molecule has 3 rings (SSSR count). The summed E-state index contributed by atoms with van der Waals surface area (Å²) in [7, 11) is 0. The average molecular weight is 286 g/mol. The third kappa shape index (κ3) is 2.92. The molecule has 0 aliphatic heterocycles. The van der Waals surface area contributed by atoms with Gasteiger partial charge in [0.1, 0.15) is 0 Å². The van der Waals surface area contributed by atoms with Crippen LogP contribution in [0.3, 0.4) is 0 Å². The molecular formula is C14H18N6O. The fourth-order valence-corrected chi connectivity index (χ4v) is 2.11. The first-order valence-corrected chi connectivity index (χ1v) is 7.13. The van der Waals surface area contributed by atoms with Gasteiger partial charge in [0.05, 0.1) is 12.1 Å². The van der Waals surface area contributed by atoms with Crippen LogP contribution in [0.4, 0.5) is 5.69 Å². The molecule has 1 atom stereocenters. The minimum atomic E-state index is -0.495. The maximum Gasteiger partial charge on any atom is 0.241 e. The van der Waals surface area contributed by atoms with Crippen molar-refractivity contribution in [1.82, 2.24) is 20.2 Å². The monoisotopic (exact) mass is 286 g/mol. The van der Waals surface area contributed by atoms with Crippen LogP contribution in [0.1, 0.15) is 32.2 Å². The SMILES string of the molecule is CC[C@H](N)C(=O)Nc1cccc(-c2nnnn2C2CC2)c1. The largest absolute Gasteiger partial charge is 0.325 e. The van der Waals surface area contributed by atoms with E-state index in [1.54, 1.807) is 0 Å². The number of amides is 1. The molecule has 0 spiro atoms. The Kier molecular flexibility index (Phi) is 3.66. The van der Waals surface area contributed by atoms with E-state index in [9.17, 15) is 4.79 Å². The van der Waals surface area contributed by atoms with Crippen LogP contribution in [0.5, 0.6) is 0 Å². The molecule has 0 unspecified atom stereocenters. The summed E-state index contributed by atoms with van der Waals surface area (Å²) >= 11 is 0. The number of carbonyl (C=O) groups excluding carboxylic acids is 1. The molecule has 1 saturated carbocycles. The van der Waals surface area contributed by atoms with Gasteiger partial charge in [-0.1, -0.05) is 19.1 Å². The van der Waals surface area contributed by atoms with Crippen LogP contribution in [0, 0.1) is 0 Å². The summed E-state index contributed by atoms with van der Waals surface area (Å²) in [5.74, 6) is 0.546. The third-order valence-corrected chi connectivity index (χ3v) is 3.55. The summed E-state index contributed by atoms with van der Waals surface area (Å²) < 4.78 is 1.85. The van der Waals surface area contributed by atoms with Crippen molar-refractivity contribution in [2.45, 2.75) is 38.3 Å². The molecular weight excluding hydrogens is 268 g/mol. The van der Waals surface area contributed by atoms with Gasteiger partial charge in [-0.2, -0.15) is 0 Å². The Morgan fingerprint density at radius 3 is 3.05 bits per heavy atom. The van der Waals surface area contributed by atoms with E-state index >= 15 is 0 Å². The van der Waals surface area contributed by atoms with Gasteiger partial charge >= 0.3 is 0 Å². The summed E-state index contributed by atoms with van der Waals surface area (Å²) in [6.07, 6.45) is 2.82. The van der Waals surface area contributed by atoms with Gasteiger partial charge in [0.15, 0.2) is 5.82 Å². The molecule has 110 valence electrons. The summed E-state index contributed by atoms with van der Waals surface area (Å²) in [6, 6.07) is 7.40. The van der Waals surface area contributed by atoms with Crippen molar-refractivity contribution in [1.29, 1.82) is 0 Å². The molecule has 0 radical (unpaired) electrons. The fraction of sp³-hybridized carbons (Fsp3) is 0.429. The number of hydrogen-bond donors (Lipinski definition) is 2. The van der Waals surface area contributed by atoms with E-state index in [4.69, 9.17) is 5.73 Å². The number of nitrogens with one attached hydrogen (secondary N) is 1. The molecule has 2 aromatic rings. The number of rotatable bonds is 5. The van der Waals surface area contributed by atoms with E-state index in [1.807, 2.05) is 35.9 Å². The number of hydrogen-bond acceptors (Lipinski definition) is 5. The predicted octanol–water partition coefficient (Wildman–Crippen LogP) is 1.35. The molecule has 1 aliphatic rings. The number of tetrazole rings is 1. The molecule has 1 aromatic heterocycles. The van der Waals surface area contributed by atoms with Crippen LogP contribution in [0.25, 0.3) is 11.4 Å². The lowest BCUT2D eigenvalue weighted by Gasteiger charge is -2.11. The van der Waals surface area contributed by atoms with Crippen LogP contribution >= 0.6 is 0 Å². The molecule has 1 heterocycles. The van der Waals surface area contributed by atoms with E-state index in [1.165, 1.54) is 0 Å². The maximum atomic E-state index is 11.8. The lowest BCUT2D eigenvalue weighted by atomic mass is 10.1. The molecule has 1 fully saturated rings. The highest BCUT2D eigenvalue weighted by Crippen LogP contribution is 2.36. The van der Waals surface area contributed by atoms with E-state index in [2.05, 4.69) is 20.8 Å². The van der Waals surface area contributed by atoms with Crippen LogP contribution < -0.4 is 11.1 Å². The van der Waals surface area contributed by atoms with E-state index in [0.29, 0.717) is 18.2 Å². The second-order valence-corrected chi connectivity index (χ2v) is 5.26. The molecule has 1 aliphatic carbocycles. The van der Waals surface area contributed by atoms with Crippen LogP contribution in [-0.2, 0) is 4.79 Å². The van der Waals surface area contributed by atoms with Gasteiger partial charge in [-0.3, -0.25) is 4.79 Å². The van der Waals surface area contributed by atoms with E-state index in [0.717, 1.165) is 24.2 Å². The Morgan fingerprint density at radius 2 is 2.33 bits per heavy atom. The Balaban J connectivity index is 1.83. The zero-order valence-electron chi connectivity index (χ0n) is 11.9. The molecule has 1 aromatic carbocycles. The zero-order chi connectivity index (χ0) is 14.8. The predicted molar refractivity (Wildman–Crippen MR) is 78.4 cm³/mol. The van der Waals surface area contributed by atoms with Crippen molar-refractivity contribution in [3.8, 4) is 11.4 Å². The third-order valence-electron chi connectivity index (χ3n) is 3.55. The number of aromatic nitrogens is 4. The molecule has 3 N–H and O–H groups in total. The molecule has 1 amide bonds. The number of nitrogens with zero attached hydrogens (tertiary/aromatic N) is 4. The number of carbonyl (C=O) groups is 1. The van der Waals surface area contributed by atoms with Crippen LogP contribution in [-0.4, -0.2) is 32.2 Å². The van der Waals surface area contributed by atoms with E-state index < -0.39 is 6.04 Å². The summed E-state index contributed by atoms with van der Waals surface area (Å²) in [5.41, 5.74) is 7.31. The van der Waals surface area contributed by atoms with Gasteiger partial charge in [-0.25, -0.2) is 4.68 Å². The van der Waals surface area contributed by atoms with Gasteiger partial charge in [-0.05, 0) is 41.8 Å². The molecule has 0 saturated heterocycles. The zero-order valence-corrected chi connectivity index (χ0v) is 11.9. The summed E-state index contributed by atoms with van der Waals surface area (Å²) in [4.78, 5) is 11.8. The van der Waals surface area contributed by atoms with Crippen molar-refractivity contribution in [2.75, 3.05) is 5.32 Å². The molecule has 0 bridgehead atoms. The normalized spacial score (nSPS) is 15.7. The lowest BCUT2D eigenvalue weighted by molar-refractivity contribution is -0.117. The topological polar surface area (TPSA) is 98.7 Å². The van der Waals surface area contributed by atoms with Gasteiger partial charge in [0, 0.05) is 11.3 Å². The first kappa shape index (κ1) is 13.7. The summed E-state index contributed by atoms with van der Waals surface area (Å²) in [6.45, 7) is 1.88. The van der Waals surface area contributed by atoms with Crippen molar-refractivity contribution < 1.29 is 4.79 Å². The average Bonchev–Trinajstić information content (AvgIpc) is 3.23. The van der Waals surface area contributed by atoms with Crippen molar-refractivity contribution in [3.63, 3.8) is 0 Å². The second kappa shape index (κ2) is 5.61. The lowest BCUT2D eigenvalue weighted by Crippen LogP contribution is -2.34. The van der Waals surface area contributed by atoms with Crippen molar-refractivity contribution in [2.24, 2.45) is 5.73 Å². The molecule has 7 nitrogen and oxygen atoms in total. The van der Waals surface area contributed by atoms with E-state index in [-0.39, 0.29) is 5.91 Å². The molecule has 7 heteroatoms. The summed E-state index contributed by atoms with van der Waals surface area (Å²) in [5, 5.41) is 14.7. The minimum Gasteiger partial charge on any atom is -0.325 e. The minimum absolute atomic E-state index is 0.184. The highest BCUT2D eigenvalue weighted by atomic mass is 16.2. The van der Waals surface area contributed by atoms with Gasteiger partial charge < -0.3 is 11.1 Å². The Hall–Kier alpha value is -2.28. The Labute approximate surface area is 122 Å². The van der Waals surface area contributed by atoms with Gasteiger partial charge in [0.2, 0.25) is 5.91 Å². The Bertz CT molecular complexity index is 648. The van der Waals surface area contributed by atoms with Crippen molar-refractivity contribution >= 4 is 11.6 Å². The maximum absolute atomic E-state index is 11.8. The standard InChI is InChI=1S/C14H18N6O/c1-2-12(15)14(21)16-10-5-3-4-9(8-10)13-17-18-19-20(13)11-6-7-11/h3-5,8,11-12H,2,6-7,15H2,1H3,(H,16,21)/t12-/m0/s1. The van der Waals surface area contributed by atoms with Gasteiger partial charge in [-0.15, -0.1) is 5.10 Å². The smallest absolute Gasteiger partial charge is 0.241 e. The Morgan fingerprint density at radius 1 is 1.52 bits per heavy atom. The number of anilines is 1. The number of benzene rings is 1. The quantitative estimate of drug-likeness (QED) is 0.864. The highest BCUT2D eigenvalue weighted by Gasteiger charge is 2.28. The van der Waals surface area contributed by atoms with Gasteiger partial charge in [0.25, 0.3) is 0 Å². The second-order valence-electron chi connectivity index (χ2n) is 5.26. The fourth-order valence-electron chi connectivity index (χ4n) is 2.11. The van der Waals surface area contributed by atoms with Crippen LogP contribution in [0.2, 0.25) is 0 Å². The highest BCUT2D eigenvalue weighted by molar-refractivity contribution is 5.95. The first-order chi connectivity index (χ1) is 10.2. The molecule has 21 heavy (non-hydrogen) atoms. The first-order valence-electron chi connectivity index (χ1n) is 7.13. The van der Waals surface area contributed by atoms with Crippen molar-refractivity contribution in [3.05, 3.63) is 24.3 Å².